The van der Waals surface area contributed by atoms with Gasteiger partial charge in [0.25, 0.3) is 0 Å². The molecule has 172 valence electrons. The van der Waals surface area contributed by atoms with Crippen molar-refractivity contribution in [2.45, 2.75) is 71.4 Å². The van der Waals surface area contributed by atoms with Crippen molar-refractivity contribution in [2.24, 2.45) is 11.3 Å². The Hall–Kier alpha value is -2.31. The van der Waals surface area contributed by atoms with Crippen molar-refractivity contribution in [2.75, 3.05) is 18.1 Å². The molecule has 2 aliphatic carbocycles. The molecule has 2 aliphatic rings. The van der Waals surface area contributed by atoms with E-state index in [1.807, 2.05) is 4.90 Å². The smallest absolute Gasteiger partial charge is 0.129 e. The van der Waals surface area contributed by atoms with Gasteiger partial charge >= 0.3 is 0 Å². The summed E-state index contributed by atoms with van der Waals surface area (Å²) in [6.07, 6.45) is 8.43. The second-order valence-electron chi connectivity index (χ2n) is 10.6. The number of anilines is 1. The highest BCUT2D eigenvalue weighted by Gasteiger charge is 2.30. The normalized spacial score (nSPS) is 19.8. The third-order valence-electron chi connectivity index (χ3n) is 7.58. The highest BCUT2D eigenvalue weighted by atomic mass is 16.3. The number of fused-ring (bicyclic) bond motifs is 2. The number of benzene rings is 1. The van der Waals surface area contributed by atoms with Crippen LogP contribution in [-0.4, -0.2) is 44.8 Å². The summed E-state index contributed by atoms with van der Waals surface area (Å²) in [5, 5.41) is 29.9. The third kappa shape index (κ3) is 4.06. The average Bonchev–Trinajstić information content (AvgIpc) is 3.39. The molecule has 6 nitrogen and oxygen atoms in total. The van der Waals surface area contributed by atoms with Crippen LogP contribution in [0.1, 0.15) is 63.6 Å². The number of H-pyrrole nitrogens is 2. The molecule has 0 aliphatic heterocycles. The number of aromatic nitrogens is 3. The van der Waals surface area contributed by atoms with Gasteiger partial charge in [-0.25, -0.2) is 0 Å². The zero-order chi connectivity index (χ0) is 22.3. The van der Waals surface area contributed by atoms with Crippen molar-refractivity contribution < 1.29 is 10.2 Å². The van der Waals surface area contributed by atoms with Crippen molar-refractivity contribution in [1.29, 1.82) is 0 Å². The Labute approximate surface area is 190 Å². The number of hydrogen-bond donors (Lipinski definition) is 4. The number of aliphatic hydroxyl groups is 2. The van der Waals surface area contributed by atoms with Crippen LogP contribution in [0, 0.1) is 11.3 Å². The zero-order valence-electron chi connectivity index (χ0n) is 19.3. The fraction of sp³-hybridized carbons (Fsp3) is 0.577. The zero-order valence-corrected chi connectivity index (χ0v) is 19.3. The number of rotatable bonds is 6. The molecule has 0 amide bonds. The summed E-state index contributed by atoms with van der Waals surface area (Å²) in [5.74, 6) is 0.269. The van der Waals surface area contributed by atoms with Crippen LogP contribution in [0.5, 0.6) is 0 Å². The Balaban J connectivity index is 1.44. The van der Waals surface area contributed by atoms with Crippen molar-refractivity contribution in [3.8, 4) is 11.4 Å². The van der Waals surface area contributed by atoms with Crippen LogP contribution < -0.4 is 4.90 Å². The fourth-order valence-electron chi connectivity index (χ4n) is 5.70. The molecule has 6 heteroatoms. The summed E-state index contributed by atoms with van der Waals surface area (Å²) in [6, 6.07) is 8.43. The third-order valence-corrected chi connectivity index (χ3v) is 7.58. The maximum absolute atomic E-state index is 11.1. The minimum atomic E-state index is -0.559. The van der Waals surface area contributed by atoms with E-state index in [1.165, 1.54) is 36.9 Å². The minimum Gasteiger partial charge on any atom is -0.395 e. The first-order valence-electron chi connectivity index (χ1n) is 12.2. The van der Waals surface area contributed by atoms with E-state index in [1.54, 1.807) is 0 Å². The summed E-state index contributed by atoms with van der Waals surface area (Å²) in [5.41, 5.74) is 6.97. The van der Waals surface area contributed by atoms with Gasteiger partial charge in [-0.1, -0.05) is 39.2 Å². The van der Waals surface area contributed by atoms with E-state index in [0.29, 0.717) is 12.0 Å². The van der Waals surface area contributed by atoms with Crippen LogP contribution in [0.25, 0.3) is 22.3 Å². The maximum atomic E-state index is 11.1. The highest BCUT2D eigenvalue weighted by molar-refractivity contribution is 5.88. The van der Waals surface area contributed by atoms with Gasteiger partial charge < -0.3 is 20.1 Å². The standard InChI is InChI=1S/C26H36N4O2/c1-26(2)11-10-20-23(16-26)28-29-24(20)22-14-18-8-9-19(15-21(18)27-22)30(12-13-31)25(32)17-6-4-3-5-7-17/h8-9,14-15,17,25,27,31-32H,3-7,10-13,16H2,1-2H3,(H,28,29). The lowest BCUT2D eigenvalue weighted by atomic mass is 9.76. The number of nitrogens with one attached hydrogen (secondary N) is 2. The molecule has 2 aromatic heterocycles. The molecule has 3 aromatic rings. The van der Waals surface area contributed by atoms with Crippen molar-refractivity contribution in [3.05, 3.63) is 35.5 Å². The fourth-order valence-corrected chi connectivity index (χ4v) is 5.70. The van der Waals surface area contributed by atoms with Crippen LogP contribution in [0.2, 0.25) is 0 Å². The molecule has 1 fully saturated rings. The molecule has 0 bridgehead atoms. The SMILES string of the molecule is CC1(C)CCc2c(-c3cc4ccc(N(CCO)C(O)C5CCCCC5)cc4[nH]3)n[nH]c2C1. The lowest BCUT2D eigenvalue weighted by Crippen LogP contribution is -2.43. The Morgan fingerprint density at radius 1 is 1.19 bits per heavy atom. The van der Waals surface area contributed by atoms with Crippen molar-refractivity contribution >= 4 is 16.6 Å². The summed E-state index contributed by atoms with van der Waals surface area (Å²) in [4.78, 5) is 5.54. The Bertz CT molecular complexity index is 1080. The molecule has 0 spiro atoms. The molecule has 1 aromatic carbocycles. The molecule has 5 rings (SSSR count). The average molecular weight is 437 g/mol. The molecule has 1 saturated carbocycles. The second-order valence-corrected chi connectivity index (χ2v) is 10.6. The van der Waals surface area contributed by atoms with Gasteiger partial charge in [0, 0.05) is 40.3 Å². The van der Waals surface area contributed by atoms with Crippen LogP contribution in [0.4, 0.5) is 5.69 Å². The van der Waals surface area contributed by atoms with Gasteiger partial charge in [0.1, 0.15) is 11.9 Å². The number of aliphatic hydroxyl groups excluding tert-OH is 2. The molecule has 0 saturated heterocycles. The summed E-state index contributed by atoms with van der Waals surface area (Å²) in [6.45, 7) is 5.09. The van der Waals surface area contributed by atoms with E-state index in [0.717, 1.165) is 53.7 Å². The van der Waals surface area contributed by atoms with Crippen molar-refractivity contribution in [3.63, 3.8) is 0 Å². The maximum Gasteiger partial charge on any atom is 0.129 e. The topological polar surface area (TPSA) is 88.2 Å². The largest absolute Gasteiger partial charge is 0.395 e. The van der Waals surface area contributed by atoms with Gasteiger partial charge in [-0.3, -0.25) is 5.10 Å². The molecule has 1 unspecified atom stereocenters. The first-order valence-corrected chi connectivity index (χ1v) is 12.2. The molecule has 4 N–H and O–H groups in total. The first-order chi connectivity index (χ1) is 15.4. The monoisotopic (exact) mass is 436 g/mol. The Morgan fingerprint density at radius 2 is 2.00 bits per heavy atom. The van der Waals surface area contributed by atoms with Gasteiger partial charge in [0.2, 0.25) is 0 Å². The van der Waals surface area contributed by atoms with Crippen LogP contribution in [-0.2, 0) is 12.8 Å². The van der Waals surface area contributed by atoms with E-state index in [4.69, 9.17) is 0 Å². The van der Waals surface area contributed by atoms with E-state index >= 15 is 0 Å². The van der Waals surface area contributed by atoms with Gasteiger partial charge in [0.05, 0.1) is 12.3 Å². The lowest BCUT2D eigenvalue weighted by molar-refractivity contribution is 0.0773. The summed E-state index contributed by atoms with van der Waals surface area (Å²) < 4.78 is 0. The van der Waals surface area contributed by atoms with E-state index in [2.05, 4.69) is 53.3 Å². The molecule has 0 radical (unpaired) electrons. The van der Waals surface area contributed by atoms with Gasteiger partial charge in [0.15, 0.2) is 0 Å². The minimum absolute atomic E-state index is 0.0214. The highest BCUT2D eigenvalue weighted by Crippen LogP contribution is 2.38. The van der Waals surface area contributed by atoms with Crippen LogP contribution in [0.3, 0.4) is 0 Å². The van der Waals surface area contributed by atoms with Crippen LogP contribution >= 0.6 is 0 Å². The van der Waals surface area contributed by atoms with Crippen LogP contribution in [0.15, 0.2) is 24.3 Å². The quantitative estimate of drug-likeness (QED) is 0.419. The molecule has 32 heavy (non-hydrogen) atoms. The molecule has 2 heterocycles. The van der Waals surface area contributed by atoms with Gasteiger partial charge in [-0.2, -0.15) is 5.10 Å². The summed E-state index contributed by atoms with van der Waals surface area (Å²) >= 11 is 0. The number of hydrogen-bond acceptors (Lipinski definition) is 4. The summed E-state index contributed by atoms with van der Waals surface area (Å²) in [7, 11) is 0. The predicted molar refractivity (Wildman–Crippen MR) is 129 cm³/mol. The van der Waals surface area contributed by atoms with Crippen molar-refractivity contribution in [1.82, 2.24) is 15.2 Å². The first kappa shape index (κ1) is 21.5. The Kier molecular flexibility index (Phi) is 5.76. The van der Waals surface area contributed by atoms with E-state index < -0.39 is 6.23 Å². The number of aromatic amines is 2. The molecular formula is C26H36N4O2. The lowest BCUT2D eigenvalue weighted by Gasteiger charge is -2.36. The second kappa shape index (κ2) is 8.56. The van der Waals surface area contributed by atoms with E-state index in [-0.39, 0.29) is 12.5 Å². The Morgan fingerprint density at radius 3 is 2.78 bits per heavy atom. The predicted octanol–water partition coefficient (Wildman–Crippen LogP) is 4.77. The molecular weight excluding hydrogens is 400 g/mol. The number of nitrogens with zero attached hydrogens (tertiary/aromatic N) is 2. The molecule has 1 atom stereocenters. The van der Waals surface area contributed by atoms with E-state index in [9.17, 15) is 10.2 Å². The van der Waals surface area contributed by atoms with Gasteiger partial charge in [-0.15, -0.1) is 0 Å². The van der Waals surface area contributed by atoms with Gasteiger partial charge in [-0.05, 0) is 55.7 Å².